The van der Waals surface area contributed by atoms with Crippen LogP contribution in [0, 0.1) is 31.6 Å². The summed E-state index contributed by atoms with van der Waals surface area (Å²) in [6.07, 6.45) is 16.0. The van der Waals surface area contributed by atoms with Crippen LogP contribution in [0.15, 0.2) is 42.5 Å². The zero-order valence-electron chi connectivity index (χ0n) is 14.9. The molecule has 1 N–H and O–H groups in total. The highest BCUT2D eigenvalue weighted by Gasteiger charge is 2.52. The first kappa shape index (κ1) is 17.0. The SMILES string of the molecule is Cc1cc(C)cc(NC(=O)C2[C@@H]3CC/C=C\CC/C=C\CC[C@@H]23)c1. The Morgan fingerprint density at radius 3 is 1.88 bits per heavy atom. The predicted octanol–water partition coefficient (Wildman–Crippen LogP) is 5.57. The van der Waals surface area contributed by atoms with Gasteiger partial charge in [-0.15, -0.1) is 0 Å². The van der Waals surface area contributed by atoms with Crippen LogP contribution in [-0.2, 0) is 4.79 Å². The molecule has 2 atom stereocenters. The number of hydrogen-bond acceptors (Lipinski definition) is 1. The van der Waals surface area contributed by atoms with Gasteiger partial charge in [0.1, 0.15) is 0 Å². The lowest BCUT2D eigenvalue weighted by molar-refractivity contribution is -0.117. The summed E-state index contributed by atoms with van der Waals surface area (Å²) in [6.45, 7) is 4.15. The van der Waals surface area contributed by atoms with Gasteiger partial charge in [0.2, 0.25) is 5.91 Å². The van der Waals surface area contributed by atoms with Crippen LogP contribution in [-0.4, -0.2) is 5.91 Å². The molecule has 1 amide bonds. The molecule has 1 aromatic rings. The van der Waals surface area contributed by atoms with Crippen molar-refractivity contribution in [3.05, 3.63) is 53.6 Å². The van der Waals surface area contributed by atoms with Crippen molar-refractivity contribution >= 4 is 11.6 Å². The highest BCUT2D eigenvalue weighted by molar-refractivity contribution is 5.95. The smallest absolute Gasteiger partial charge is 0.228 e. The number of rotatable bonds is 2. The minimum Gasteiger partial charge on any atom is -0.326 e. The van der Waals surface area contributed by atoms with Crippen molar-refractivity contribution in [2.24, 2.45) is 17.8 Å². The van der Waals surface area contributed by atoms with Crippen LogP contribution >= 0.6 is 0 Å². The first-order chi connectivity index (χ1) is 11.6. The first-order valence-electron chi connectivity index (χ1n) is 9.34. The summed E-state index contributed by atoms with van der Waals surface area (Å²) in [4.78, 5) is 12.7. The number of carbonyl (C=O) groups excluding carboxylic acids is 1. The molecule has 2 aliphatic rings. The Labute approximate surface area is 146 Å². The largest absolute Gasteiger partial charge is 0.326 e. The molecule has 0 aromatic heterocycles. The van der Waals surface area contributed by atoms with E-state index in [1.54, 1.807) is 0 Å². The molecule has 24 heavy (non-hydrogen) atoms. The highest BCUT2D eigenvalue weighted by atomic mass is 16.2. The third-order valence-corrected chi connectivity index (χ3v) is 5.29. The number of anilines is 1. The summed E-state index contributed by atoms with van der Waals surface area (Å²) in [5.41, 5.74) is 3.34. The molecule has 0 unspecified atom stereocenters. The van der Waals surface area contributed by atoms with Crippen molar-refractivity contribution < 1.29 is 4.79 Å². The van der Waals surface area contributed by atoms with Crippen LogP contribution in [0.25, 0.3) is 0 Å². The lowest BCUT2D eigenvalue weighted by Gasteiger charge is -2.07. The van der Waals surface area contributed by atoms with Crippen LogP contribution in [0.4, 0.5) is 5.69 Å². The summed E-state index contributed by atoms with van der Waals surface area (Å²) in [5.74, 6) is 1.55. The van der Waals surface area contributed by atoms with Crippen molar-refractivity contribution in [3.8, 4) is 0 Å². The molecule has 0 aliphatic heterocycles. The van der Waals surface area contributed by atoms with Gasteiger partial charge in [0.15, 0.2) is 0 Å². The molecule has 1 aromatic carbocycles. The molecule has 2 heteroatoms. The van der Waals surface area contributed by atoms with E-state index in [4.69, 9.17) is 0 Å². The number of fused-ring (bicyclic) bond motifs is 1. The average Bonchev–Trinajstić information content (AvgIpc) is 3.18. The molecule has 2 nitrogen and oxygen atoms in total. The van der Waals surface area contributed by atoms with Gasteiger partial charge in [-0.3, -0.25) is 4.79 Å². The van der Waals surface area contributed by atoms with E-state index in [2.05, 4.69) is 61.7 Å². The van der Waals surface area contributed by atoms with Crippen LogP contribution < -0.4 is 5.32 Å². The topological polar surface area (TPSA) is 29.1 Å². The number of aryl methyl sites for hydroxylation is 2. The lowest BCUT2D eigenvalue weighted by atomic mass is 10.1. The second-order valence-electron chi connectivity index (χ2n) is 7.39. The average molecular weight is 323 g/mol. The van der Waals surface area contributed by atoms with E-state index in [9.17, 15) is 4.79 Å². The molecule has 3 rings (SSSR count). The first-order valence-corrected chi connectivity index (χ1v) is 9.34. The number of hydrogen-bond donors (Lipinski definition) is 1. The molecule has 0 spiro atoms. The fourth-order valence-corrected chi connectivity index (χ4v) is 4.13. The minimum atomic E-state index is 0.202. The maximum absolute atomic E-state index is 12.7. The second kappa shape index (κ2) is 7.83. The van der Waals surface area contributed by atoms with Crippen LogP contribution in [0.5, 0.6) is 0 Å². The third kappa shape index (κ3) is 4.37. The molecule has 0 saturated heterocycles. The molecular formula is C22H29NO. The van der Waals surface area contributed by atoms with E-state index in [0.29, 0.717) is 11.8 Å². The molecule has 0 bridgehead atoms. The maximum atomic E-state index is 12.7. The zero-order chi connectivity index (χ0) is 16.9. The molecule has 0 heterocycles. The predicted molar refractivity (Wildman–Crippen MR) is 101 cm³/mol. The standard InChI is InChI=1S/C22H29NO/c1-16-13-17(2)15-18(14-16)23-22(24)21-19-11-9-7-5-3-4-6-8-10-12-20(19)21/h5-8,13-15,19-21H,3-4,9-12H2,1-2H3,(H,23,24)/b7-5-,8-6-/t19-,20-/m1/s1. The van der Waals surface area contributed by atoms with Gasteiger partial charge in [-0.05, 0) is 87.5 Å². The van der Waals surface area contributed by atoms with E-state index in [1.165, 1.54) is 11.1 Å². The summed E-state index contributed by atoms with van der Waals surface area (Å²) in [7, 11) is 0. The van der Waals surface area contributed by atoms with Gasteiger partial charge in [0.25, 0.3) is 0 Å². The fourth-order valence-electron chi connectivity index (χ4n) is 4.13. The molecular weight excluding hydrogens is 294 g/mol. The number of carbonyl (C=O) groups is 1. The molecule has 128 valence electrons. The summed E-state index contributed by atoms with van der Waals surface area (Å²) >= 11 is 0. The van der Waals surface area contributed by atoms with Gasteiger partial charge in [0.05, 0.1) is 0 Å². The molecule has 2 aliphatic carbocycles. The van der Waals surface area contributed by atoms with Crippen LogP contribution in [0.2, 0.25) is 0 Å². The van der Waals surface area contributed by atoms with E-state index in [-0.39, 0.29) is 11.8 Å². The van der Waals surface area contributed by atoms with Crippen LogP contribution in [0.3, 0.4) is 0 Å². The quantitative estimate of drug-likeness (QED) is 0.708. The van der Waals surface area contributed by atoms with E-state index >= 15 is 0 Å². The Kier molecular flexibility index (Phi) is 5.55. The van der Waals surface area contributed by atoms with Crippen molar-refractivity contribution in [3.63, 3.8) is 0 Å². The van der Waals surface area contributed by atoms with Gasteiger partial charge in [-0.25, -0.2) is 0 Å². The summed E-state index contributed by atoms with van der Waals surface area (Å²) in [5, 5.41) is 3.16. The molecule has 1 fully saturated rings. The summed E-state index contributed by atoms with van der Waals surface area (Å²) in [6, 6.07) is 6.26. The Balaban J connectivity index is 1.64. The van der Waals surface area contributed by atoms with E-state index in [1.807, 2.05) is 0 Å². The Morgan fingerprint density at radius 1 is 0.833 bits per heavy atom. The van der Waals surface area contributed by atoms with Gasteiger partial charge < -0.3 is 5.32 Å². The minimum absolute atomic E-state index is 0.202. The number of benzene rings is 1. The van der Waals surface area contributed by atoms with Crippen molar-refractivity contribution in [1.82, 2.24) is 0 Å². The lowest BCUT2D eigenvalue weighted by Crippen LogP contribution is -2.16. The summed E-state index contributed by atoms with van der Waals surface area (Å²) < 4.78 is 0. The van der Waals surface area contributed by atoms with Crippen molar-refractivity contribution in [2.75, 3.05) is 5.32 Å². The van der Waals surface area contributed by atoms with Gasteiger partial charge >= 0.3 is 0 Å². The van der Waals surface area contributed by atoms with Gasteiger partial charge in [0, 0.05) is 11.6 Å². The maximum Gasteiger partial charge on any atom is 0.228 e. The molecule has 1 saturated carbocycles. The van der Waals surface area contributed by atoms with Gasteiger partial charge in [-0.2, -0.15) is 0 Å². The number of allylic oxidation sites excluding steroid dienone is 4. The molecule has 0 radical (unpaired) electrons. The van der Waals surface area contributed by atoms with Crippen molar-refractivity contribution in [2.45, 2.75) is 52.4 Å². The van der Waals surface area contributed by atoms with E-state index < -0.39 is 0 Å². The van der Waals surface area contributed by atoms with E-state index in [0.717, 1.165) is 44.2 Å². The van der Waals surface area contributed by atoms with Gasteiger partial charge in [-0.1, -0.05) is 30.4 Å². The Hall–Kier alpha value is -1.83. The second-order valence-corrected chi connectivity index (χ2v) is 7.39. The third-order valence-electron chi connectivity index (χ3n) is 5.29. The fraction of sp³-hybridized carbons (Fsp3) is 0.500. The normalized spacial score (nSPS) is 29.5. The number of amides is 1. The highest BCUT2D eigenvalue weighted by Crippen LogP contribution is 2.52. The zero-order valence-corrected chi connectivity index (χ0v) is 14.9. The van der Waals surface area contributed by atoms with Crippen molar-refractivity contribution in [1.29, 1.82) is 0 Å². The van der Waals surface area contributed by atoms with Crippen LogP contribution in [0.1, 0.15) is 49.7 Å². The Bertz CT molecular complexity index is 599. The Morgan fingerprint density at radius 2 is 1.33 bits per heavy atom. The number of nitrogens with one attached hydrogen (secondary N) is 1. The monoisotopic (exact) mass is 323 g/mol.